The molecule has 20 heavy (non-hydrogen) atoms. The lowest BCUT2D eigenvalue weighted by molar-refractivity contribution is 0.0697. The van der Waals surface area contributed by atoms with Crippen molar-refractivity contribution >= 4 is 11.8 Å². The molecule has 2 N–H and O–H groups in total. The molecule has 0 radical (unpaired) electrons. The lowest BCUT2D eigenvalue weighted by Crippen LogP contribution is -2.40. The van der Waals surface area contributed by atoms with Crippen molar-refractivity contribution in [1.29, 1.82) is 0 Å². The van der Waals surface area contributed by atoms with Gasteiger partial charge in [-0.1, -0.05) is 0 Å². The van der Waals surface area contributed by atoms with Crippen molar-refractivity contribution < 1.29 is 9.90 Å². The molecule has 1 heterocycles. The molecule has 0 saturated heterocycles. The molecule has 114 valence electrons. The summed E-state index contributed by atoms with van der Waals surface area (Å²) in [5, 5.41) is 16.6. The lowest BCUT2D eigenvalue weighted by Gasteiger charge is -2.30. The molecule has 0 fully saturated rings. The van der Waals surface area contributed by atoms with Crippen LogP contribution in [0.2, 0.25) is 0 Å². The molecule has 0 spiro atoms. The van der Waals surface area contributed by atoms with Gasteiger partial charge in [-0.3, -0.25) is 9.58 Å². The predicted octanol–water partition coefficient (Wildman–Crippen LogP) is 1.96. The summed E-state index contributed by atoms with van der Waals surface area (Å²) in [5.41, 5.74) is 0.792. The summed E-state index contributed by atoms with van der Waals surface area (Å²) in [6.07, 6.45) is 0. The van der Waals surface area contributed by atoms with E-state index >= 15 is 0 Å². The van der Waals surface area contributed by atoms with Gasteiger partial charge in [-0.15, -0.1) is 0 Å². The standard InChI is InChI=1S/C14H26N4O2/c1-9(2)18(10(3)4)8-7-15-13-12(14(19)20)11(5)16-17(13)6/h9-10,15H,7-8H2,1-6H3,(H,19,20). The van der Waals surface area contributed by atoms with Gasteiger partial charge in [-0.25, -0.2) is 4.79 Å². The number of aromatic nitrogens is 2. The van der Waals surface area contributed by atoms with E-state index in [9.17, 15) is 9.90 Å². The van der Waals surface area contributed by atoms with E-state index in [0.717, 1.165) is 6.54 Å². The van der Waals surface area contributed by atoms with Gasteiger partial charge in [-0.05, 0) is 34.6 Å². The van der Waals surface area contributed by atoms with Crippen LogP contribution >= 0.6 is 0 Å². The molecule has 0 amide bonds. The molecule has 0 aliphatic heterocycles. The van der Waals surface area contributed by atoms with Crippen LogP contribution in [0.1, 0.15) is 43.7 Å². The lowest BCUT2D eigenvalue weighted by atomic mass is 10.2. The quantitative estimate of drug-likeness (QED) is 0.800. The van der Waals surface area contributed by atoms with Gasteiger partial charge < -0.3 is 10.4 Å². The number of anilines is 1. The van der Waals surface area contributed by atoms with Crippen molar-refractivity contribution in [2.75, 3.05) is 18.4 Å². The first-order valence-corrected chi connectivity index (χ1v) is 7.02. The molecule has 0 bridgehead atoms. The molecule has 1 aromatic rings. The summed E-state index contributed by atoms with van der Waals surface area (Å²) in [7, 11) is 1.75. The molecule has 0 saturated carbocycles. The van der Waals surface area contributed by atoms with E-state index in [1.54, 1.807) is 18.7 Å². The highest BCUT2D eigenvalue weighted by molar-refractivity contribution is 5.94. The third-order valence-electron chi connectivity index (χ3n) is 3.43. The van der Waals surface area contributed by atoms with E-state index in [4.69, 9.17) is 0 Å². The van der Waals surface area contributed by atoms with E-state index < -0.39 is 5.97 Å². The van der Waals surface area contributed by atoms with Gasteiger partial charge in [-0.2, -0.15) is 5.10 Å². The summed E-state index contributed by atoms with van der Waals surface area (Å²) in [4.78, 5) is 13.6. The van der Waals surface area contributed by atoms with Crippen molar-refractivity contribution in [1.82, 2.24) is 14.7 Å². The first-order valence-electron chi connectivity index (χ1n) is 7.02. The predicted molar refractivity (Wildman–Crippen MR) is 80.4 cm³/mol. The molecule has 1 aromatic heterocycles. The second-order valence-corrected chi connectivity index (χ2v) is 5.59. The second-order valence-electron chi connectivity index (χ2n) is 5.59. The van der Waals surface area contributed by atoms with Crippen LogP contribution in [0, 0.1) is 6.92 Å². The highest BCUT2D eigenvalue weighted by Gasteiger charge is 2.20. The molecule has 6 nitrogen and oxygen atoms in total. The fraction of sp³-hybridized carbons (Fsp3) is 0.714. The van der Waals surface area contributed by atoms with Crippen molar-refractivity contribution in [3.8, 4) is 0 Å². The molecular weight excluding hydrogens is 256 g/mol. The van der Waals surface area contributed by atoms with Crippen LogP contribution in [0.5, 0.6) is 0 Å². The Morgan fingerprint density at radius 3 is 2.35 bits per heavy atom. The van der Waals surface area contributed by atoms with Gasteiger partial charge >= 0.3 is 5.97 Å². The van der Waals surface area contributed by atoms with E-state index in [1.165, 1.54) is 0 Å². The van der Waals surface area contributed by atoms with Crippen molar-refractivity contribution in [3.63, 3.8) is 0 Å². The van der Waals surface area contributed by atoms with Crippen molar-refractivity contribution in [2.24, 2.45) is 7.05 Å². The summed E-state index contributed by atoms with van der Waals surface area (Å²) in [6.45, 7) is 11.9. The van der Waals surface area contributed by atoms with Crippen LogP contribution in [0.25, 0.3) is 0 Å². The zero-order chi connectivity index (χ0) is 15.4. The van der Waals surface area contributed by atoms with Gasteiger partial charge in [0.1, 0.15) is 11.4 Å². The van der Waals surface area contributed by atoms with Gasteiger partial charge in [0.05, 0.1) is 5.69 Å². The average Bonchev–Trinajstić information content (AvgIpc) is 2.58. The van der Waals surface area contributed by atoms with Crippen LogP contribution in [0.3, 0.4) is 0 Å². The molecule has 0 aromatic carbocycles. The molecule has 1 rings (SSSR count). The number of carbonyl (C=O) groups is 1. The Hall–Kier alpha value is -1.56. The number of hydrogen-bond acceptors (Lipinski definition) is 4. The summed E-state index contributed by atoms with van der Waals surface area (Å²) >= 11 is 0. The van der Waals surface area contributed by atoms with E-state index in [-0.39, 0.29) is 5.56 Å². The smallest absolute Gasteiger partial charge is 0.341 e. The zero-order valence-corrected chi connectivity index (χ0v) is 13.3. The minimum atomic E-state index is -0.942. The zero-order valence-electron chi connectivity index (χ0n) is 13.3. The van der Waals surface area contributed by atoms with Crippen LogP contribution in [0.4, 0.5) is 5.82 Å². The molecule has 6 heteroatoms. The van der Waals surface area contributed by atoms with Gasteiger partial charge in [0, 0.05) is 32.2 Å². The van der Waals surface area contributed by atoms with Crippen LogP contribution in [-0.4, -0.2) is 50.9 Å². The molecule has 0 aliphatic carbocycles. The van der Waals surface area contributed by atoms with Crippen LogP contribution in [-0.2, 0) is 7.05 Å². The van der Waals surface area contributed by atoms with E-state index in [1.807, 2.05) is 0 Å². The molecule has 0 unspecified atom stereocenters. The van der Waals surface area contributed by atoms with Crippen LogP contribution in [0.15, 0.2) is 0 Å². The summed E-state index contributed by atoms with van der Waals surface area (Å²) in [6, 6.07) is 0.924. The third kappa shape index (κ3) is 3.72. The number of carboxylic acid groups (broad SMARTS) is 1. The third-order valence-corrected chi connectivity index (χ3v) is 3.43. The van der Waals surface area contributed by atoms with Crippen molar-refractivity contribution in [2.45, 2.75) is 46.7 Å². The normalized spacial score (nSPS) is 11.7. The maximum Gasteiger partial charge on any atom is 0.341 e. The molecule has 0 aliphatic rings. The van der Waals surface area contributed by atoms with Gasteiger partial charge in [0.2, 0.25) is 0 Å². The Kier molecular flexibility index (Phi) is 5.56. The maximum absolute atomic E-state index is 11.3. The highest BCUT2D eigenvalue weighted by atomic mass is 16.4. The maximum atomic E-state index is 11.3. The minimum absolute atomic E-state index is 0.258. The molecule has 0 atom stereocenters. The Morgan fingerprint density at radius 2 is 1.90 bits per heavy atom. The first-order chi connectivity index (χ1) is 9.25. The molecular formula is C14H26N4O2. The average molecular weight is 282 g/mol. The topological polar surface area (TPSA) is 70.4 Å². The van der Waals surface area contributed by atoms with E-state index in [2.05, 4.69) is 43.0 Å². The highest BCUT2D eigenvalue weighted by Crippen LogP contribution is 2.18. The fourth-order valence-corrected chi connectivity index (χ4v) is 2.53. The Bertz CT molecular complexity index is 458. The number of carboxylic acids is 1. The number of rotatable bonds is 7. The Labute approximate surface area is 120 Å². The minimum Gasteiger partial charge on any atom is -0.477 e. The number of aromatic carboxylic acids is 1. The van der Waals surface area contributed by atoms with Crippen LogP contribution < -0.4 is 5.32 Å². The first kappa shape index (κ1) is 16.5. The fourth-order valence-electron chi connectivity index (χ4n) is 2.53. The number of nitrogens with zero attached hydrogens (tertiary/aromatic N) is 3. The van der Waals surface area contributed by atoms with Crippen molar-refractivity contribution in [3.05, 3.63) is 11.3 Å². The second kappa shape index (κ2) is 6.74. The van der Waals surface area contributed by atoms with E-state index in [0.29, 0.717) is 30.1 Å². The largest absolute Gasteiger partial charge is 0.477 e. The van der Waals surface area contributed by atoms with Gasteiger partial charge in [0.25, 0.3) is 0 Å². The summed E-state index contributed by atoms with van der Waals surface area (Å²) in [5.74, 6) is -0.370. The number of hydrogen-bond donors (Lipinski definition) is 2. The monoisotopic (exact) mass is 282 g/mol. The Balaban J connectivity index is 2.73. The number of aryl methyl sites for hydroxylation is 2. The number of nitrogens with one attached hydrogen (secondary N) is 1. The SMILES string of the molecule is Cc1nn(C)c(NCCN(C(C)C)C(C)C)c1C(=O)O. The summed E-state index contributed by atoms with van der Waals surface area (Å²) < 4.78 is 1.59. The van der Waals surface area contributed by atoms with Gasteiger partial charge in [0.15, 0.2) is 0 Å². The Morgan fingerprint density at radius 1 is 1.35 bits per heavy atom.